The molecule has 0 spiro atoms. The van der Waals surface area contributed by atoms with Crippen molar-refractivity contribution in [1.82, 2.24) is 5.32 Å². The predicted molar refractivity (Wildman–Crippen MR) is 78.6 cm³/mol. The minimum atomic E-state index is 0.0176. The Hall–Kier alpha value is -0.770. The molecule has 1 saturated carbocycles. The molecule has 3 N–H and O–H groups in total. The van der Waals surface area contributed by atoms with E-state index in [0.717, 1.165) is 18.4 Å². The molecule has 1 aromatic rings. The van der Waals surface area contributed by atoms with E-state index in [9.17, 15) is 4.79 Å². The summed E-state index contributed by atoms with van der Waals surface area (Å²) >= 11 is 12.1. The van der Waals surface area contributed by atoms with Crippen LogP contribution in [0.1, 0.15) is 31.2 Å². The molecule has 0 bridgehead atoms. The minimum absolute atomic E-state index is 0.0176. The monoisotopic (exact) mass is 300 g/mol. The number of nitrogens with two attached hydrogens (primary N) is 1. The highest BCUT2D eigenvalue weighted by Gasteiger charge is 2.44. The van der Waals surface area contributed by atoms with Crippen LogP contribution in [-0.2, 0) is 4.79 Å². The van der Waals surface area contributed by atoms with Gasteiger partial charge in [0.05, 0.1) is 10.0 Å². The van der Waals surface area contributed by atoms with Crippen LogP contribution in [-0.4, -0.2) is 18.5 Å². The van der Waals surface area contributed by atoms with Crippen LogP contribution in [0, 0.1) is 5.92 Å². The largest absolute Gasteiger partial charge is 0.356 e. The Kier molecular flexibility index (Phi) is 4.71. The van der Waals surface area contributed by atoms with E-state index in [1.807, 2.05) is 19.1 Å². The van der Waals surface area contributed by atoms with Gasteiger partial charge in [0.15, 0.2) is 0 Å². The smallest absolute Gasteiger partial charge is 0.223 e. The summed E-state index contributed by atoms with van der Waals surface area (Å²) in [5.74, 6) is 0.298. The van der Waals surface area contributed by atoms with Gasteiger partial charge in [-0.15, -0.1) is 0 Å². The fraction of sp³-hybridized carbons (Fsp3) is 0.500. The standard InChI is InChI=1S/C14H18Cl2N2O/c1-8(17)5-6-18-14(19)11-7-10(11)9-3-2-4-12(15)13(9)16/h2-4,8,10-11H,5-7,17H2,1H3,(H,18,19). The molecule has 3 atom stereocenters. The van der Waals surface area contributed by atoms with E-state index in [1.165, 1.54) is 0 Å². The lowest BCUT2D eigenvalue weighted by Gasteiger charge is -2.08. The van der Waals surface area contributed by atoms with Gasteiger partial charge in [0, 0.05) is 18.5 Å². The first-order chi connectivity index (χ1) is 9.00. The number of benzene rings is 1. The molecule has 0 radical (unpaired) electrons. The molecular formula is C14H18Cl2N2O. The van der Waals surface area contributed by atoms with E-state index < -0.39 is 0 Å². The summed E-state index contributed by atoms with van der Waals surface area (Å²) in [6.45, 7) is 2.56. The second kappa shape index (κ2) is 6.12. The van der Waals surface area contributed by atoms with E-state index in [1.54, 1.807) is 6.07 Å². The molecule has 1 aromatic carbocycles. The van der Waals surface area contributed by atoms with Gasteiger partial charge in [0.2, 0.25) is 5.91 Å². The van der Waals surface area contributed by atoms with Gasteiger partial charge in [-0.2, -0.15) is 0 Å². The molecule has 1 amide bonds. The fourth-order valence-corrected chi connectivity index (χ4v) is 2.64. The SMILES string of the molecule is CC(N)CCNC(=O)C1CC1c1cccc(Cl)c1Cl. The van der Waals surface area contributed by atoms with Gasteiger partial charge in [0.1, 0.15) is 0 Å². The summed E-state index contributed by atoms with van der Waals surface area (Å²) in [6, 6.07) is 5.67. The third kappa shape index (κ3) is 3.62. The Morgan fingerprint density at radius 2 is 2.26 bits per heavy atom. The van der Waals surface area contributed by atoms with E-state index in [0.29, 0.717) is 16.6 Å². The molecule has 104 valence electrons. The van der Waals surface area contributed by atoms with Crippen molar-refractivity contribution >= 4 is 29.1 Å². The van der Waals surface area contributed by atoms with Gasteiger partial charge in [-0.1, -0.05) is 35.3 Å². The van der Waals surface area contributed by atoms with Crippen LogP contribution in [0.5, 0.6) is 0 Å². The van der Waals surface area contributed by atoms with Crippen molar-refractivity contribution in [2.45, 2.75) is 31.7 Å². The normalized spacial score (nSPS) is 22.9. The highest BCUT2D eigenvalue weighted by Crippen LogP contribution is 2.50. The lowest BCUT2D eigenvalue weighted by molar-refractivity contribution is -0.122. The van der Waals surface area contributed by atoms with Crippen molar-refractivity contribution in [3.8, 4) is 0 Å². The van der Waals surface area contributed by atoms with E-state index >= 15 is 0 Å². The molecule has 19 heavy (non-hydrogen) atoms. The fourth-order valence-electron chi connectivity index (χ4n) is 2.19. The van der Waals surface area contributed by atoms with Crippen LogP contribution in [0.3, 0.4) is 0 Å². The minimum Gasteiger partial charge on any atom is -0.356 e. The molecule has 0 aliphatic heterocycles. The third-order valence-corrected chi connectivity index (χ3v) is 4.24. The average Bonchev–Trinajstić information content (AvgIpc) is 3.12. The molecule has 1 aliphatic carbocycles. The molecule has 3 unspecified atom stereocenters. The summed E-state index contributed by atoms with van der Waals surface area (Å²) in [5.41, 5.74) is 6.62. The number of nitrogens with one attached hydrogen (secondary N) is 1. The van der Waals surface area contributed by atoms with Crippen LogP contribution < -0.4 is 11.1 Å². The van der Waals surface area contributed by atoms with Gasteiger partial charge in [0.25, 0.3) is 0 Å². The summed E-state index contributed by atoms with van der Waals surface area (Å²) in [5, 5.41) is 4.03. The molecule has 0 saturated heterocycles. The Morgan fingerprint density at radius 1 is 1.53 bits per heavy atom. The van der Waals surface area contributed by atoms with Crippen molar-refractivity contribution in [1.29, 1.82) is 0 Å². The Labute approximate surface area is 123 Å². The first kappa shape index (κ1) is 14.6. The second-order valence-corrected chi connectivity index (χ2v) is 5.93. The first-order valence-corrected chi connectivity index (χ1v) is 7.23. The van der Waals surface area contributed by atoms with Gasteiger partial charge in [-0.3, -0.25) is 4.79 Å². The molecule has 0 heterocycles. The van der Waals surface area contributed by atoms with E-state index in [4.69, 9.17) is 28.9 Å². The summed E-state index contributed by atoms with van der Waals surface area (Å²) in [4.78, 5) is 11.9. The lowest BCUT2D eigenvalue weighted by Crippen LogP contribution is -2.30. The molecule has 3 nitrogen and oxygen atoms in total. The van der Waals surface area contributed by atoms with Crippen molar-refractivity contribution in [3.05, 3.63) is 33.8 Å². The van der Waals surface area contributed by atoms with Crippen molar-refractivity contribution in [3.63, 3.8) is 0 Å². The highest BCUT2D eigenvalue weighted by atomic mass is 35.5. The number of carbonyl (C=O) groups excluding carboxylic acids is 1. The topological polar surface area (TPSA) is 55.1 Å². The second-order valence-electron chi connectivity index (χ2n) is 5.15. The van der Waals surface area contributed by atoms with E-state index in [2.05, 4.69) is 5.32 Å². The molecule has 1 fully saturated rings. The zero-order valence-electron chi connectivity index (χ0n) is 10.8. The van der Waals surface area contributed by atoms with Crippen molar-refractivity contribution in [2.75, 3.05) is 6.54 Å². The van der Waals surface area contributed by atoms with Crippen molar-refractivity contribution in [2.24, 2.45) is 11.7 Å². The molecule has 1 aliphatic rings. The number of hydrogen-bond acceptors (Lipinski definition) is 2. The average molecular weight is 301 g/mol. The number of carbonyl (C=O) groups is 1. The Balaban J connectivity index is 1.90. The highest BCUT2D eigenvalue weighted by molar-refractivity contribution is 6.42. The van der Waals surface area contributed by atoms with Crippen LogP contribution >= 0.6 is 23.2 Å². The van der Waals surface area contributed by atoms with Crippen molar-refractivity contribution < 1.29 is 4.79 Å². The molecular weight excluding hydrogens is 283 g/mol. The van der Waals surface area contributed by atoms with Crippen LogP contribution in [0.4, 0.5) is 0 Å². The lowest BCUT2D eigenvalue weighted by atomic mass is 10.1. The summed E-state index contributed by atoms with van der Waals surface area (Å²) in [7, 11) is 0. The van der Waals surface area contributed by atoms with E-state index in [-0.39, 0.29) is 23.8 Å². The van der Waals surface area contributed by atoms with Crippen LogP contribution in [0.25, 0.3) is 0 Å². The van der Waals surface area contributed by atoms with Gasteiger partial charge < -0.3 is 11.1 Å². The maximum atomic E-state index is 11.9. The molecule has 5 heteroatoms. The Morgan fingerprint density at radius 3 is 2.95 bits per heavy atom. The number of hydrogen-bond donors (Lipinski definition) is 2. The first-order valence-electron chi connectivity index (χ1n) is 6.48. The van der Waals surface area contributed by atoms with Gasteiger partial charge >= 0.3 is 0 Å². The predicted octanol–water partition coefficient (Wildman–Crippen LogP) is 2.95. The molecule has 0 aromatic heterocycles. The maximum Gasteiger partial charge on any atom is 0.223 e. The zero-order chi connectivity index (χ0) is 14.0. The van der Waals surface area contributed by atoms with Crippen LogP contribution in [0.2, 0.25) is 10.0 Å². The number of amides is 1. The quantitative estimate of drug-likeness (QED) is 0.878. The Bertz CT molecular complexity index is 477. The number of halogens is 2. The number of rotatable bonds is 5. The van der Waals surface area contributed by atoms with Gasteiger partial charge in [-0.05, 0) is 37.3 Å². The molecule has 2 rings (SSSR count). The third-order valence-electron chi connectivity index (χ3n) is 3.41. The summed E-state index contributed by atoms with van der Waals surface area (Å²) in [6.07, 6.45) is 1.63. The zero-order valence-corrected chi connectivity index (χ0v) is 12.3. The van der Waals surface area contributed by atoms with Crippen LogP contribution in [0.15, 0.2) is 18.2 Å². The summed E-state index contributed by atoms with van der Waals surface area (Å²) < 4.78 is 0. The van der Waals surface area contributed by atoms with Gasteiger partial charge in [-0.25, -0.2) is 0 Å². The maximum absolute atomic E-state index is 11.9.